The smallest absolute Gasteiger partial charge is 0.235 e. The zero-order chi connectivity index (χ0) is 14.3. The van der Waals surface area contributed by atoms with Crippen LogP contribution in [0.25, 0.3) is 10.8 Å². The van der Waals surface area contributed by atoms with E-state index < -0.39 is 5.79 Å². The highest BCUT2D eigenvalue weighted by atomic mass is 16.6. The van der Waals surface area contributed by atoms with Crippen molar-refractivity contribution >= 4 is 10.8 Å². The van der Waals surface area contributed by atoms with Crippen LogP contribution in [0.3, 0.4) is 0 Å². The predicted molar refractivity (Wildman–Crippen MR) is 83.2 cm³/mol. The van der Waals surface area contributed by atoms with E-state index in [4.69, 9.17) is 4.74 Å². The van der Waals surface area contributed by atoms with Crippen molar-refractivity contribution in [3.05, 3.63) is 77.9 Å². The Balaban J connectivity index is 1.86. The van der Waals surface area contributed by atoms with Gasteiger partial charge in [-0.3, -0.25) is 0 Å². The number of benzene rings is 3. The van der Waals surface area contributed by atoms with E-state index in [1.165, 1.54) is 0 Å². The van der Waals surface area contributed by atoms with Gasteiger partial charge < -0.3 is 9.84 Å². The third-order valence-electron chi connectivity index (χ3n) is 4.19. The lowest BCUT2D eigenvalue weighted by atomic mass is 9.92. The molecule has 21 heavy (non-hydrogen) atoms. The van der Waals surface area contributed by atoms with Crippen LogP contribution in [0, 0.1) is 0 Å². The molecule has 4 rings (SSSR count). The maximum Gasteiger partial charge on any atom is 0.235 e. The molecule has 3 aromatic rings. The summed E-state index contributed by atoms with van der Waals surface area (Å²) in [6, 6.07) is 22.0. The second kappa shape index (κ2) is 4.61. The van der Waals surface area contributed by atoms with Crippen molar-refractivity contribution in [1.82, 2.24) is 0 Å². The number of aliphatic hydroxyl groups is 1. The van der Waals surface area contributed by atoms with Crippen LogP contribution in [-0.4, -0.2) is 5.11 Å². The number of fused-ring (bicyclic) bond motifs is 3. The van der Waals surface area contributed by atoms with Gasteiger partial charge in [-0.1, -0.05) is 66.7 Å². The van der Waals surface area contributed by atoms with Gasteiger partial charge in [0, 0.05) is 17.4 Å². The van der Waals surface area contributed by atoms with Crippen molar-refractivity contribution in [3.8, 4) is 5.75 Å². The summed E-state index contributed by atoms with van der Waals surface area (Å²) < 4.78 is 6.07. The minimum Gasteiger partial charge on any atom is -0.457 e. The molecule has 0 bridgehead atoms. The van der Waals surface area contributed by atoms with E-state index >= 15 is 0 Å². The lowest BCUT2D eigenvalue weighted by Crippen LogP contribution is -2.36. The van der Waals surface area contributed by atoms with Gasteiger partial charge in [-0.05, 0) is 17.4 Å². The maximum atomic E-state index is 10.9. The zero-order valence-electron chi connectivity index (χ0n) is 11.6. The standard InChI is InChI=1S/C19H16O2/c20-19(16-7-2-1-3-8-16)13-12-15-11-10-14-6-4-5-9-17(14)18(15)21-19/h1-11,20H,12-13H2. The van der Waals surface area contributed by atoms with Crippen molar-refractivity contribution in [1.29, 1.82) is 0 Å². The van der Waals surface area contributed by atoms with Crippen LogP contribution in [0.1, 0.15) is 17.5 Å². The Morgan fingerprint density at radius 1 is 0.857 bits per heavy atom. The Hall–Kier alpha value is -2.32. The molecule has 0 aromatic heterocycles. The summed E-state index contributed by atoms with van der Waals surface area (Å²) in [6.07, 6.45) is 1.38. The molecule has 3 aromatic carbocycles. The molecule has 1 aliphatic rings. The van der Waals surface area contributed by atoms with Gasteiger partial charge in [0.2, 0.25) is 5.79 Å². The SMILES string of the molecule is OC1(c2ccccc2)CCc2ccc3ccccc3c2O1. The van der Waals surface area contributed by atoms with Gasteiger partial charge in [-0.2, -0.15) is 0 Å². The highest BCUT2D eigenvalue weighted by Gasteiger charge is 2.36. The van der Waals surface area contributed by atoms with Gasteiger partial charge >= 0.3 is 0 Å². The first-order chi connectivity index (χ1) is 10.3. The summed E-state index contributed by atoms with van der Waals surface area (Å²) in [4.78, 5) is 0. The fraction of sp³-hybridized carbons (Fsp3) is 0.158. The lowest BCUT2D eigenvalue weighted by molar-refractivity contribution is -0.157. The van der Waals surface area contributed by atoms with E-state index in [0.717, 1.165) is 34.1 Å². The molecule has 0 saturated heterocycles. The van der Waals surface area contributed by atoms with Gasteiger partial charge in [-0.25, -0.2) is 0 Å². The van der Waals surface area contributed by atoms with Crippen LogP contribution < -0.4 is 4.74 Å². The van der Waals surface area contributed by atoms with E-state index in [1.54, 1.807) is 0 Å². The number of ether oxygens (including phenoxy) is 1. The van der Waals surface area contributed by atoms with Crippen LogP contribution in [0.5, 0.6) is 5.75 Å². The Morgan fingerprint density at radius 3 is 2.48 bits per heavy atom. The number of aryl methyl sites for hydroxylation is 1. The molecule has 0 aliphatic carbocycles. The largest absolute Gasteiger partial charge is 0.457 e. The fourth-order valence-electron chi connectivity index (χ4n) is 3.03. The second-order valence-corrected chi connectivity index (χ2v) is 5.53. The molecule has 1 atom stereocenters. The molecular weight excluding hydrogens is 260 g/mol. The molecule has 0 radical (unpaired) electrons. The summed E-state index contributed by atoms with van der Waals surface area (Å²) in [6.45, 7) is 0. The first-order valence-electron chi connectivity index (χ1n) is 7.24. The minimum atomic E-state index is -1.24. The highest BCUT2D eigenvalue weighted by Crippen LogP contribution is 2.41. The molecule has 0 amide bonds. The summed E-state index contributed by atoms with van der Waals surface area (Å²) in [5.74, 6) is -0.427. The summed E-state index contributed by atoms with van der Waals surface area (Å²) in [5, 5.41) is 13.1. The van der Waals surface area contributed by atoms with E-state index in [2.05, 4.69) is 18.2 Å². The van der Waals surface area contributed by atoms with Gasteiger partial charge in [0.05, 0.1) is 0 Å². The molecule has 2 nitrogen and oxygen atoms in total. The fourth-order valence-corrected chi connectivity index (χ4v) is 3.03. The van der Waals surface area contributed by atoms with E-state index in [-0.39, 0.29) is 0 Å². The van der Waals surface area contributed by atoms with Crippen LogP contribution >= 0.6 is 0 Å². The van der Waals surface area contributed by atoms with Crippen LogP contribution in [0.4, 0.5) is 0 Å². The minimum absolute atomic E-state index is 0.572. The summed E-state index contributed by atoms with van der Waals surface area (Å²) >= 11 is 0. The maximum absolute atomic E-state index is 10.9. The van der Waals surface area contributed by atoms with E-state index in [1.807, 2.05) is 48.5 Å². The normalized spacial score (nSPS) is 20.8. The molecule has 1 unspecified atom stereocenters. The monoisotopic (exact) mass is 276 g/mol. The lowest BCUT2D eigenvalue weighted by Gasteiger charge is -2.35. The molecule has 1 heterocycles. The van der Waals surface area contributed by atoms with Gasteiger partial charge in [0.15, 0.2) is 0 Å². The number of hydrogen-bond donors (Lipinski definition) is 1. The third-order valence-corrected chi connectivity index (χ3v) is 4.19. The van der Waals surface area contributed by atoms with Crippen molar-refractivity contribution in [2.45, 2.75) is 18.6 Å². The molecule has 1 N–H and O–H groups in total. The van der Waals surface area contributed by atoms with E-state index in [9.17, 15) is 5.11 Å². The number of hydrogen-bond acceptors (Lipinski definition) is 2. The third kappa shape index (κ3) is 1.99. The van der Waals surface area contributed by atoms with Crippen LogP contribution in [-0.2, 0) is 12.2 Å². The first kappa shape index (κ1) is 12.4. The highest BCUT2D eigenvalue weighted by molar-refractivity contribution is 5.89. The van der Waals surface area contributed by atoms with Crippen molar-refractivity contribution < 1.29 is 9.84 Å². The Bertz CT molecular complexity index is 795. The average Bonchev–Trinajstić information content (AvgIpc) is 2.55. The average molecular weight is 276 g/mol. The molecule has 2 heteroatoms. The molecule has 1 aliphatic heterocycles. The molecule has 0 fully saturated rings. The molecule has 0 spiro atoms. The van der Waals surface area contributed by atoms with Gasteiger partial charge in [-0.15, -0.1) is 0 Å². The Morgan fingerprint density at radius 2 is 1.62 bits per heavy atom. The van der Waals surface area contributed by atoms with Gasteiger partial charge in [0.1, 0.15) is 5.75 Å². The van der Waals surface area contributed by atoms with Gasteiger partial charge in [0.25, 0.3) is 0 Å². The molecular formula is C19H16O2. The van der Waals surface area contributed by atoms with Crippen LogP contribution in [0.15, 0.2) is 66.7 Å². The van der Waals surface area contributed by atoms with Crippen molar-refractivity contribution in [2.75, 3.05) is 0 Å². The summed E-state index contributed by atoms with van der Waals surface area (Å²) in [7, 11) is 0. The quantitative estimate of drug-likeness (QED) is 0.727. The number of rotatable bonds is 1. The molecule has 0 saturated carbocycles. The van der Waals surface area contributed by atoms with E-state index in [0.29, 0.717) is 6.42 Å². The zero-order valence-corrected chi connectivity index (χ0v) is 11.6. The molecule has 104 valence electrons. The Labute approximate surface area is 123 Å². The predicted octanol–water partition coefficient (Wildman–Crippen LogP) is 4.01. The topological polar surface area (TPSA) is 29.5 Å². The van der Waals surface area contributed by atoms with Crippen molar-refractivity contribution in [2.24, 2.45) is 0 Å². The van der Waals surface area contributed by atoms with Crippen molar-refractivity contribution in [3.63, 3.8) is 0 Å². The Kier molecular flexibility index (Phi) is 2.72. The van der Waals surface area contributed by atoms with Crippen LogP contribution in [0.2, 0.25) is 0 Å². The second-order valence-electron chi connectivity index (χ2n) is 5.53. The summed E-state index contributed by atoms with van der Waals surface area (Å²) in [5.41, 5.74) is 1.97. The first-order valence-corrected chi connectivity index (χ1v) is 7.24.